The summed E-state index contributed by atoms with van der Waals surface area (Å²) in [7, 11) is 2.27. The molecule has 1 aliphatic heterocycles. The highest BCUT2D eigenvalue weighted by Gasteiger charge is 2.37. The lowest BCUT2D eigenvalue weighted by atomic mass is 9.78. The number of nitrogens with one attached hydrogen (secondary N) is 1. The summed E-state index contributed by atoms with van der Waals surface area (Å²) in [5.74, 6) is 0.790. The summed E-state index contributed by atoms with van der Waals surface area (Å²) < 4.78 is 5.46. The Balaban J connectivity index is 1.86. The molecule has 1 aliphatic carbocycles. The van der Waals surface area contributed by atoms with E-state index in [2.05, 4.69) is 24.2 Å². The van der Waals surface area contributed by atoms with Crippen molar-refractivity contribution >= 4 is 0 Å². The number of aliphatic hydroxyl groups is 1. The Labute approximate surface area is 130 Å². The van der Waals surface area contributed by atoms with Crippen LogP contribution in [0.25, 0.3) is 0 Å². The molecule has 0 radical (unpaired) electrons. The van der Waals surface area contributed by atoms with E-state index in [-0.39, 0.29) is 12.1 Å². The predicted octanol–water partition coefficient (Wildman–Crippen LogP) is 2.02. The van der Waals surface area contributed by atoms with Crippen LogP contribution in [-0.2, 0) is 4.74 Å². The van der Waals surface area contributed by atoms with Crippen molar-refractivity contribution in [2.75, 3.05) is 40.0 Å². The average Bonchev–Trinajstić information content (AvgIpc) is 2.54. The Bertz CT molecular complexity index is 295. The maximum absolute atomic E-state index is 9.89. The minimum absolute atomic E-state index is 0.0388. The van der Waals surface area contributed by atoms with E-state index < -0.39 is 0 Å². The Morgan fingerprint density at radius 1 is 1.29 bits per heavy atom. The van der Waals surface area contributed by atoms with E-state index in [9.17, 15) is 5.11 Å². The van der Waals surface area contributed by atoms with E-state index in [0.29, 0.717) is 6.04 Å². The van der Waals surface area contributed by atoms with Crippen molar-refractivity contribution in [1.82, 2.24) is 10.2 Å². The molecule has 21 heavy (non-hydrogen) atoms. The fourth-order valence-electron chi connectivity index (χ4n) is 3.94. The number of hydrogen-bond acceptors (Lipinski definition) is 4. The molecule has 124 valence electrons. The predicted molar refractivity (Wildman–Crippen MR) is 86.5 cm³/mol. The number of rotatable bonds is 7. The smallest absolute Gasteiger partial charge is 0.0613 e. The topological polar surface area (TPSA) is 44.7 Å². The van der Waals surface area contributed by atoms with Crippen molar-refractivity contribution in [3.63, 3.8) is 0 Å². The van der Waals surface area contributed by atoms with Crippen molar-refractivity contribution in [3.8, 4) is 0 Å². The first-order valence-electron chi connectivity index (χ1n) is 8.83. The van der Waals surface area contributed by atoms with Gasteiger partial charge < -0.3 is 20.1 Å². The molecule has 1 saturated carbocycles. The van der Waals surface area contributed by atoms with E-state index >= 15 is 0 Å². The summed E-state index contributed by atoms with van der Waals surface area (Å²) in [5, 5.41) is 13.5. The molecule has 2 N–H and O–H groups in total. The molecule has 0 aromatic heterocycles. The molecule has 2 fully saturated rings. The standard InChI is InChI=1S/C17H34N2O2/c1-3-9-18-17(14-20)8-4-5-16(12-17)19(2)13-15-6-10-21-11-7-15/h15-16,18,20H,3-14H2,1-2H3. The van der Waals surface area contributed by atoms with Gasteiger partial charge in [-0.3, -0.25) is 0 Å². The van der Waals surface area contributed by atoms with Gasteiger partial charge in [0.15, 0.2) is 0 Å². The molecule has 0 spiro atoms. The highest BCUT2D eigenvalue weighted by molar-refractivity contribution is 4.96. The van der Waals surface area contributed by atoms with Crippen LogP contribution in [0.4, 0.5) is 0 Å². The zero-order chi connectivity index (χ0) is 15.1. The first-order chi connectivity index (χ1) is 10.2. The minimum Gasteiger partial charge on any atom is -0.394 e. The molecule has 2 atom stereocenters. The molecule has 0 amide bonds. The molecular formula is C17H34N2O2. The van der Waals surface area contributed by atoms with Gasteiger partial charge in [-0.1, -0.05) is 6.92 Å². The van der Waals surface area contributed by atoms with Crippen molar-refractivity contribution in [1.29, 1.82) is 0 Å². The van der Waals surface area contributed by atoms with Gasteiger partial charge in [-0.15, -0.1) is 0 Å². The Morgan fingerprint density at radius 3 is 2.71 bits per heavy atom. The second-order valence-electron chi connectivity index (χ2n) is 7.11. The third-order valence-electron chi connectivity index (χ3n) is 5.38. The van der Waals surface area contributed by atoms with Crippen molar-refractivity contribution in [2.24, 2.45) is 5.92 Å². The molecule has 2 aliphatic rings. The van der Waals surface area contributed by atoms with Crippen LogP contribution in [0.2, 0.25) is 0 Å². The van der Waals surface area contributed by atoms with Crippen LogP contribution in [0.3, 0.4) is 0 Å². The summed E-state index contributed by atoms with van der Waals surface area (Å²) in [6.45, 7) is 6.52. The second kappa shape index (κ2) is 8.47. The third kappa shape index (κ3) is 4.92. The van der Waals surface area contributed by atoms with Crippen LogP contribution in [-0.4, -0.2) is 61.5 Å². The highest BCUT2D eigenvalue weighted by Crippen LogP contribution is 2.31. The highest BCUT2D eigenvalue weighted by atomic mass is 16.5. The van der Waals surface area contributed by atoms with Gasteiger partial charge in [0.2, 0.25) is 0 Å². The van der Waals surface area contributed by atoms with Crippen LogP contribution >= 0.6 is 0 Å². The molecule has 2 unspecified atom stereocenters. The van der Waals surface area contributed by atoms with Gasteiger partial charge in [-0.25, -0.2) is 0 Å². The lowest BCUT2D eigenvalue weighted by Gasteiger charge is -2.44. The van der Waals surface area contributed by atoms with Crippen molar-refractivity contribution in [3.05, 3.63) is 0 Å². The zero-order valence-corrected chi connectivity index (χ0v) is 13.9. The van der Waals surface area contributed by atoms with Crippen LogP contribution in [0.5, 0.6) is 0 Å². The van der Waals surface area contributed by atoms with E-state index in [1.807, 2.05) is 0 Å². The lowest BCUT2D eigenvalue weighted by Crippen LogP contribution is -2.56. The lowest BCUT2D eigenvalue weighted by molar-refractivity contribution is 0.0325. The second-order valence-corrected chi connectivity index (χ2v) is 7.11. The fourth-order valence-corrected chi connectivity index (χ4v) is 3.94. The largest absolute Gasteiger partial charge is 0.394 e. The zero-order valence-electron chi connectivity index (χ0n) is 13.9. The normalized spacial score (nSPS) is 31.7. The first kappa shape index (κ1) is 17.2. The van der Waals surface area contributed by atoms with Gasteiger partial charge in [0.25, 0.3) is 0 Å². The van der Waals surface area contributed by atoms with Gasteiger partial charge >= 0.3 is 0 Å². The molecule has 0 aromatic carbocycles. The fraction of sp³-hybridized carbons (Fsp3) is 1.00. The van der Waals surface area contributed by atoms with E-state index in [1.54, 1.807) is 0 Å². The number of aliphatic hydroxyl groups excluding tert-OH is 1. The Morgan fingerprint density at radius 2 is 2.05 bits per heavy atom. The first-order valence-corrected chi connectivity index (χ1v) is 8.83. The monoisotopic (exact) mass is 298 g/mol. The van der Waals surface area contributed by atoms with Crippen LogP contribution < -0.4 is 5.32 Å². The maximum atomic E-state index is 9.89. The van der Waals surface area contributed by atoms with E-state index in [0.717, 1.165) is 44.9 Å². The summed E-state index contributed by atoms with van der Waals surface area (Å²) in [6, 6.07) is 0.609. The number of nitrogens with zero attached hydrogens (tertiary/aromatic N) is 1. The van der Waals surface area contributed by atoms with Gasteiger partial charge in [-0.05, 0) is 64.5 Å². The van der Waals surface area contributed by atoms with Gasteiger partial charge in [-0.2, -0.15) is 0 Å². The molecular weight excluding hydrogens is 264 g/mol. The molecule has 4 nitrogen and oxygen atoms in total. The summed E-state index contributed by atoms with van der Waals surface area (Å²) in [4.78, 5) is 2.55. The maximum Gasteiger partial charge on any atom is 0.0613 e. The number of hydrogen-bond donors (Lipinski definition) is 2. The third-order valence-corrected chi connectivity index (χ3v) is 5.38. The Kier molecular flexibility index (Phi) is 6.93. The van der Waals surface area contributed by atoms with Crippen LogP contribution in [0.1, 0.15) is 51.9 Å². The van der Waals surface area contributed by atoms with Crippen LogP contribution in [0, 0.1) is 5.92 Å². The summed E-state index contributed by atoms with van der Waals surface area (Å²) in [6.07, 6.45) is 8.24. The molecule has 1 heterocycles. The molecule has 0 bridgehead atoms. The van der Waals surface area contributed by atoms with Gasteiger partial charge in [0.05, 0.1) is 6.61 Å². The average molecular weight is 298 g/mol. The minimum atomic E-state index is -0.0388. The van der Waals surface area contributed by atoms with Gasteiger partial charge in [0, 0.05) is 31.3 Å². The van der Waals surface area contributed by atoms with Crippen molar-refractivity contribution < 1.29 is 9.84 Å². The summed E-state index contributed by atoms with van der Waals surface area (Å²) >= 11 is 0. The molecule has 2 rings (SSSR count). The van der Waals surface area contributed by atoms with E-state index in [1.165, 1.54) is 32.2 Å². The number of ether oxygens (including phenoxy) is 1. The quantitative estimate of drug-likeness (QED) is 0.755. The SMILES string of the molecule is CCCNC1(CO)CCCC(N(C)CC2CCOCC2)C1. The van der Waals surface area contributed by atoms with E-state index in [4.69, 9.17) is 4.74 Å². The van der Waals surface area contributed by atoms with Gasteiger partial charge in [0.1, 0.15) is 0 Å². The Hall–Kier alpha value is -0.160. The molecule has 4 heteroatoms. The van der Waals surface area contributed by atoms with Crippen LogP contribution in [0.15, 0.2) is 0 Å². The summed E-state index contributed by atoms with van der Waals surface area (Å²) in [5.41, 5.74) is -0.0388. The molecule has 1 saturated heterocycles. The van der Waals surface area contributed by atoms with Crippen molar-refractivity contribution in [2.45, 2.75) is 63.5 Å². The molecule has 0 aromatic rings.